The molecule has 1 aliphatic heterocycles. The lowest BCUT2D eigenvalue weighted by Crippen LogP contribution is -2.74. The average Bonchev–Trinajstić information content (AvgIpc) is 3.15. The minimum Gasteiger partial charge on any atom is -0.385 e. The standard InChI is InChI=1S/C14H24N2O3/c1-13(2)12(18)16(8-5-9-19-4)14(3,10-6-7-10)11(17)15-13/h10H,5-9H2,1-4H3,(H,15,17). The van der Waals surface area contributed by atoms with Gasteiger partial charge in [-0.3, -0.25) is 9.59 Å². The zero-order chi connectivity index (χ0) is 14.3. The number of nitrogens with zero attached hydrogens (tertiary/aromatic N) is 1. The monoisotopic (exact) mass is 268 g/mol. The van der Waals surface area contributed by atoms with Crippen molar-refractivity contribution in [3.63, 3.8) is 0 Å². The summed E-state index contributed by atoms with van der Waals surface area (Å²) in [4.78, 5) is 26.9. The second-order valence-corrected chi connectivity index (χ2v) is 6.30. The molecule has 1 heterocycles. The van der Waals surface area contributed by atoms with Crippen LogP contribution in [-0.2, 0) is 14.3 Å². The van der Waals surface area contributed by atoms with Gasteiger partial charge in [-0.25, -0.2) is 0 Å². The fourth-order valence-corrected chi connectivity index (χ4v) is 2.89. The van der Waals surface area contributed by atoms with Crippen molar-refractivity contribution < 1.29 is 14.3 Å². The molecule has 5 heteroatoms. The Morgan fingerprint density at radius 1 is 1.32 bits per heavy atom. The molecule has 108 valence electrons. The molecule has 2 fully saturated rings. The maximum Gasteiger partial charge on any atom is 0.248 e. The zero-order valence-corrected chi connectivity index (χ0v) is 12.3. The highest BCUT2D eigenvalue weighted by molar-refractivity contribution is 6.02. The van der Waals surface area contributed by atoms with Crippen molar-refractivity contribution in [2.24, 2.45) is 5.92 Å². The number of ether oxygens (including phenoxy) is 1. The predicted octanol–water partition coefficient (Wildman–Crippen LogP) is 0.929. The Labute approximate surface area is 114 Å². The molecule has 0 spiro atoms. The predicted molar refractivity (Wildman–Crippen MR) is 71.6 cm³/mol. The Bertz CT molecular complexity index is 390. The largest absolute Gasteiger partial charge is 0.385 e. The first-order valence-electron chi connectivity index (χ1n) is 6.97. The summed E-state index contributed by atoms with van der Waals surface area (Å²) in [6.07, 6.45) is 2.81. The minimum absolute atomic E-state index is 0.0117. The third-order valence-electron chi connectivity index (χ3n) is 4.33. The molecule has 1 atom stereocenters. The molecule has 19 heavy (non-hydrogen) atoms. The van der Waals surface area contributed by atoms with E-state index in [-0.39, 0.29) is 11.8 Å². The van der Waals surface area contributed by atoms with Crippen LogP contribution >= 0.6 is 0 Å². The van der Waals surface area contributed by atoms with Gasteiger partial charge in [0.2, 0.25) is 11.8 Å². The van der Waals surface area contributed by atoms with Crippen molar-refractivity contribution in [1.29, 1.82) is 0 Å². The lowest BCUT2D eigenvalue weighted by atomic mass is 9.84. The van der Waals surface area contributed by atoms with Crippen molar-refractivity contribution in [2.75, 3.05) is 20.3 Å². The quantitative estimate of drug-likeness (QED) is 0.755. The molecule has 2 aliphatic rings. The van der Waals surface area contributed by atoms with Gasteiger partial charge >= 0.3 is 0 Å². The second-order valence-electron chi connectivity index (χ2n) is 6.30. The highest BCUT2D eigenvalue weighted by Crippen LogP contribution is 2.45. The highest BCUT2D eigenvalue weighted by Gasteiger charge is 2.58. The lowest BCUT2D eigenvalue weighted by molar-refractivity contribution is -0.162. The molecular formula is C14H24N2O3. The van der Waals surface area contributed by atoms with Gasteiger partial charge in [0, 0.05) is 20.3 Å². The van der Waals surface area contributed by atoms with Crippen molar-refractivity contribution in [2.45, 2.75) is 51.1 Å². The number of piperazine rings is 1. The van der Waals surface area contributed by atoms with Gasteiger partial charge in [-0.15, -0.1) is 0 Å². The van der Waals surface area contributed by atoms with Crippen LogP contribution in [0.4, 0.5) is 0 Å². The van der Waals surface area contributed by atoms with E-state index in [0.717, 1.165) is 19.3 Å². The summed E-state index contributed by atoms with van der Waals surface area (Å²) >= 11 is 0. The SMILES string of the molecule is COCCCN1C(=O)C(C)(C)NC(=O)C1(C)C1CC1. The van der Waals surface area contributed by atoms with Crippen molar-refractivity contribution in [3.05, 3.63) is 0 Å². The van der Waals surface area contributed by atoms with Gasteiger partial charge in [-0.1, -0.05) is 0 Å². The molecule has 2 rings (SSSR count). The normalized spacial score (nSPS) is 30.4. The second kappa shape index (κ2) is 4.78. The number of rotatable bonds is 5. The molecule has 2 amide bonds. The van der Waals surface area contributed by atoms with E-state index in [0.29, 0.717) is 19.1 Å². The van der Waals surface area contributed by atoms with Crippen molar-refractivity contribution in [1.82, 2.24) is 10.2 Å². The first-order valence-corrected chi connectivity index (χ1v) is 6.97. The van der Waals surface area contributed by atoms with E-state index in [1.165, 1.54) is 0 Å². The van der Waals surface area contributed by atoms with Gasteiger partial charge < -0.3 is 15.0 Å². The first kappa shape index (κ1) is 14.3. The first-order chi connectivity index (χ1) is 8.84. The summed E-state index contributed by atoms with van der Waals surface area (Å²) in [5, 5.41) is 2.88. The Kier molecular flexibility index (Phi) is 3.60. The number of methoxy groups -OCH3 is 1. The number of hydrogen-bond acceptors (Lipinski definition) is 3. The number of amides is 2. The third kappa shape index (κ3) is 2.36. The number of hydrogen-bond donors (Lipinski definition) is 1. The molecule has 0 aromatic heterocycles. The van der Waals surface area contributed by atoms with E-state index in [2.05, 4.69) is 5.32 Å². The molecule has 5 nitrogen and oxygen atoms in total. The Morgan fingerprint density at radius 2 is 1.95 bits per heavy atom. The highest BCUT2D eigenvalue weighted by atomic mass is 16.5. The molecule has 1 unspecified atom stereocenters. The van der Waals surface area contributed by atoms with Crippen LogP contribution in [0.2, 0.25) is 0 Å². The van der Waals surface area contributed by atoms with E-state index < -0.39 is 11.1 Å². The van der Waals surface area contributed by atoms with Gasteiger partial charge in [-0.2, -0.15) is 0 Å². The van der Waals surface area contributed by atoms with E-state index in [4.69, 9.17) is 4.74 Å². The number of carbonyl (C=O) groups excluding carboxylic acids is 2. The molecular weight excluding hydrogens is 244 g/mol. The van der Waals surface area contributed by atoms with Crippen LogP contribution in [0.25, 0.3) is 0 Å². The Hall–Kier alpha value is -1.10. The van der Waals surface area contributed by atoms with Crippen LogP contribution in [0.15, 0.2) is 0 Å². The summed E-state index contributed by atoms with van der Waals surface area (Å²) < 4.78 is 5.05. The maximum absolute atomic E-state index is 12.6. The van der Waals surface area contributed by atoms with Gasteiger partial charge in [0.1, 0.15) is 11.1 Å². The van der Waals surface area contributed by atoms with E-state index in [1.54, 1.807) is 25.9 Å². The molecule has 1 saturated heterocycles. The van der Waals surface area contributed by atoms with Crippen LogP contribution < -0.4 is 5.32 Å². The van der Waals surface area contributed by atoms with E-state index in [1.807, 2.05) is 6.92 Å². The van der Waals surface area contributed by atoms with Crippen molar-refractivity contribution in [3.8, 4) is 0 Å². The summed E-state index contributed by atoms with van der Waals surface area (Å²) in [6, 6.07) is 0. The van der Waals surface area contributed by atoms with Gasteiger partial charge in [0.25, 0.3) is 0 Å². The molecule has 0 bridgehead atoms. The number of carbonyl (C=O) groups is 2. The summed E-state index contributed by atoms with van der Waals surface area (Å²) in [5.41, 5.74) is -1.49. The van der Waals surface area contributed by atoms with Crippen LogP contribution in [0.5, 0.6) is 0 Å². The fraction of sp³-hybridized carbons (Fsp3) is 0.857. The fourth-order valence-electron chi connectivity index (χ4n) is 2.89. The lowest BCUT2D eigenvalue weighted by Gasteiger charge is -2.49. The molecule has 1 saturated carbocycles. The van der Waals surface area contributed by atoms with E-state index in [9.17, 15) is 9.59 Å². The third-order valence-corrected chi connectivity index (χ3v) is 4.33. The van der Waals surface area contributed by atoms with Gasteiger partial charge in [0.15, 0.2) is 0 Å². The summed E-state index contributed by atoms with van der Waals surface area (Å²) in [6.45, 7) is 6.62. The minimum atomic E-state index is -0.807. The topological polar surface area (TPSA) is 58.6 Å². The van der Waals surface area contributed by atoms with Gasteiger partial charge in [0.05, 0.1) is 0 Å². The molecule has 1 aliphatic carbocycles. The van der Waals surface area contributed by atoms with Crippen LogP contribution in [-0.4, -0.2) is 48.1 Å². The molecule has 0 radical (unpaired) electrons. The summed E-state index contributed by atoms with van der Waals surface area (Å²) in [7, 11) is 1.65. The van der Waals surface area contributed by atoms with Crippen LogP contribution in [0, 0.1) is 5.92 Å². The smallest absolute Gasteiger partial charge is 0.248 e. The Balaban J connectivity index is 2.23. The Morgan fingerprint density at radius 3 is 2.47 bits per heavy atom. The molecule has 0 aromatic carbocycles. The molecule has 0 aromatic rings. The van der Waals surface area contributed by atoms with Gasteiger partial charge in [-0.05, 0) is 46.0 Å². The van der Waals surface area contributed by atoms with Crippen LogP contribution in [0.1, 0.15) is 40.0 Å². The number of nitrogens with one attached hydrogen (secondary N) is 1. The maximum atomic E-state index is 12.6. The average molecular weight is 268 g/mol. The molecule has 1 N–H and O–H groups in total. The van der Waals surface area contributed by atoms with Crippen LogP contribution in [0.3, 0.4) is 0 Å². The summed E-state index contributed by atoms with van der Waals surface area (Å²) in [5.74, 6) is 0.296. The van der Waals surface area contributed by atoms with E-state index >= 15 is 0 Å². The van der Waals surface area contributed by atoms with Crippen molar-refractivity contribution >= 4 is 11.8 Å². The zero-order valence-electron chi connectivity index (χ0n) is 12.3.